The number of pyridine rings is 1. The molecule has 4 heteroatoms. The third-order valence-electron chi connectivity index (χ3n) is 5.33. The number of carbonyl (C=O) groups excluding carboxylic acids is 1. The Morgan fingerprint density at radius 3 is 2.73 bits per heavy atom. The zero-order valence-corrected chi connectivity index (χ0v) is 16.2. The van der Waals surface area contributed by atoms with Gasteiger partial charge >= 0.3 is 0 Å². The smallest absolute Gasteiger partial charge is 0.254 e. The van der Waals surface area contributed by atoms with Crippen molar-refractivity contribution in [3.05, 3.63) is 64.5 Å². The Bertz CT molecular complexity index is 757. The molecule has 138 valence electrons. The molecule has 2 heterocycles. The molecule has 1 aliphatic heterocycles. The van der Waals surface area contributed by atoms with E-state index in [2.05, 4.69) is 49.0 Å². The van der Waals surface area contributed by atoms with Crippen molar-refractivity contribution >= 4 is 5.91 Å². The largest absolute Gasteiger partial charge is 0.338 e. The van der Waals surface area contributed by atoms with Crippen LogP contribution in [0.2, 0.25) is 0 Å². The van der Waals surface area contributed by atoms with E-state index in [1.807, 2.05) is 23.2 Å². The maximum absolute atomic E-state index is 12.8. The number of rotatable bonds is 7. The van der Waals surface area contributed by atoms with Gasteiger partial charge in [-0.3, -0.25) is 9.78 Å². The summed E-state index contributed by atoms with van der Waals surface area (Å²) in [6, 6.07) is 10.3. The number of hydrogen-bond acceptors (Lipinski definition) is 3. The van der Waals surface area contributed by atoms with E-state index in [4.69, 9.17) is 0 Å². The van der Waals surface area contributed by atoms with Gasteiger partial charge in [-0.15, -0.1) is 0 Å². The monoisotopic (exact) mass is 351 g/mol. The first-order valence-corrected chi connectivity index (χ1v) is 9.52. The van der Waals surface area contributed by atoms with Crippen molar-refractivity contribution in [2.45, 2.75) is 33.1 Å². The number of hydrogen-bond donors (Lipinski definition) is 0. The highest BCUT2D eigenvalue weighted by molar-refractivity contribution is 5.97. The minimum atomic E-state index is 0.200. The van der Waals surface area contributed by atoms with Crippen molar-refractivity contribution in [2.24, 2.45) is 0 Å². The number of carbonyl (C=O) groups is 1. The van der Waals surface area contributed by atoms with Gasteiger partial charge in [0.1, 0.15) is 0 Å². The van der Waals surface area contributed by atoms with Crippen LogP contribution in [0.1, 0.15) is 39.2 Å². The molecular formula is C22H29N3O. The van der Waals surface area contributed by atoms with Gasteiger partial charge in [0.25, 0.3) is 5.91 Å². The molecule has 0 bridgehead atoms. The summed E-state index contributed by atoms with van der Waals surface area (Å²) in [5.41, 5.74) is 5.73. The van der Waals surface area contributed by atoms with E-state index < -0.39 is 0 Å². The summed E-state index contributed by atoms with van der Waals surface area (Å²) >= 11 is 0. The van der Waals surface area contributed by atoms with Crippen LogP contribution in [-0.4, -0.2) is 53.9 Å². The van der Waals surface area contributed by atoms with Gasteiger partial charge in [0.05, 0.1) is 0 Å². The number of benzene rings is 1. The summed E-state index contributed by atoms with van der Waals surface area (Å²) < 4.78 is 0. The predicted molar refractivity (Wildman–Crippen MR) is 106 cm³/mol. The van der Waals surface area contributed by atoms with Crippen LogP contribution in [0.5, 0.6) is 0 Å². The number of aromatic nitrogens is 1. The van der Waals surface area contributed by atoms with E-state index in [9.17, 15) is 4.79 Å². The molecule has 0 spiro atoms. The van der Waals surface area contributed by atoms with Crippen LogP contribution in [0.3, 0.4) is 0 Å². The summed E-state index contributed by atoms with van der Waals surface area (Å²) in [6.45, 7) is 7.86. The Kier molecular flexibility index (Phi) is 6.04. The highest BCUT2D eigenvalue weighted by Gasteiger charge is 2.24. The van der Waals surface area contributed by atoms with Gasteiger partial charge in [-0.05, 0) is 75.2 Å². The highest BCUT2D eigenvalue weighted by Crippen LogP contribution is 2.23. The molecule has 0 aliphatic carbocycles. The van der Waals surface area contributed by atoms with Gasteiger partial charge in [0.15, 0.2) is 0 Å². The Balaban J connectivity index is 1.46. The van der Waals surface area contributed by atoms with E-state index in [0.29, 0.717) is 0 Å². The zero-order chi connectivity index (χ0) is 18.5. The van der Waals surface area contributed by atoms with Crippen LogP contribution in [-0.2, 0) is 12.8 Å². The van der Waals surface area contributed by atoms with Crippen molar-refractivity contribution in [2.75, 3.05) is 33.2 Å². The number of aryl methyl sites for hydroxylation is 2. The second-order valence-electron chi connectivity index (χ2n) is 7.36. The molecule has 26 heavy (non-hydrogen) atoms. The van der Waals surface area contributed by atoms with Gasteiger partial charge in [0.2, 0.25) is 0 Å². The molecular weight excluding hydrogens is 322 g/mol. The molecule has 0 saturated carbocycles. The van der Waals surface area contributed by atoms with Crippen LogP contribution < -0.4 is 0 Å². The normalized spacial score (nSPS) is 14.0. The molecule has 1 aromatic heterocycles. The summed E-state index contributed by atoms with van der Waals surface area (Å²) in [6.07, 6.45) is 4.78. The van der Waals surface area contributed by atoms with Crippen molar-refractivity contribution in [3.63, 3.8) is 0 Å². The summed E-state index contributed by atoms with van der Waals surface area (Å²) in [7, 11) is 2.14. The molecule has 4 nitrogen and oxygen atoms in total. The topological polar surface area (TPSA) is 36.4 Å². The first kappa shape index (κ1) is 18.6. The highest BCUT2D eigenvalue weighted by atomic mass is 16.2. The Morgan fingerprint density at radius 2 is 1.96 bits per heavy atom. The predicted octanol–water partition coefficient (Wildman–Crippen LogP) is 3.26. The molecule has 0 saturated heterocycles. The number of nitrogens with zero attached hydrogens (tertiary/aromatic N) is 3. The van der Waals surface area contributed by atoms with Crippen molar-refractivity contribution < 1.29 is 4.79 Å². The lowest BCUT2D eigenvalue weighted by Crippen LogP contribution is -2.39. The second-order valence-corrected chi connectivity index (χ2v) is 7.36. The van der Waals surface area contributed by atoms with Gasteiger partial charge in [-0.2, -0.15) is 0 Å². The second kappa shape index (κ2) is 8.45. The molecule has 3 rings (SSSR count). The maximum Gasteiger partial charge on any atom is 0.254 e. The lowest BCUT2D eigenvalue weighted by atomic mass is 9.94. The molecule has 1 aliphatic rings. The maximum atomic E-state index is 12.8. The molecule has 0 fully saturated rings. The Morgan fingerprint density at radius 1 is 1.15 bits per heavy atom. The Hall–Kier alpha value is -2.20. The van der Waals surface area contributed by atoms with Crippen molar-refractivity contribution in [1.82, 2.24) is 14.8 Å². The van der Waals surface area contributed by atoms with Gasteiger partial charge in [-0.25, -0.2) is 0 Å². The standard InChI is InChI=1S/C22H29N3O/c1-17-15-19-8-14-25(22(26)21(19)16-18(17)2)12-6-11-24(3)13-9-20-7-4-5-10-23-20/h4-5,7,10,15-16H,6,8-9,11-14H2,1-3H3. The van der Waals surface area contributed by atoms with Crippen molar-refractivity contribution in [1.29, 1.82) is 0 Å². The molecule has 0 unspecified atom stereocenters. The molecule has 0 atom stereocenters. The quantitative estimate of drug-likeness (QED) is 0.768. The fourth-order valence-corrected chi connectivity index (χ4v) is 3.52. The van der Waals surface area contributed by atoms with Gasteiger partial charge in [0, 0.05) is 43.5 Å². The Labute approximate surface area is 156 Å². The fraction of sp³-hybridized carbons (Fsp3) is 0.455. The van der Waals surface area contributed by atoms with E-state index in [1.165, 1.54) is 16.7 Å². The summed E-state index contributed by atoms with van der Waals surface area (Å²) in [4.78, 5) is 21.5. The average molecular weight is 351 g/mol. The lowest BCUT2D eigenvalue weighted by molar-refractivity contribution is 0.0733. The van der Waals surface area contributed by atoms with E-state index >= 15 is 0 Å². The SMILES string of the molecule is Cc1cc2c(cc1C)C(=O)N(CCCN(C)CCc1ccccn1)CC2. The van der Waals surface area contributed by atoms with Gasteiger partial charge in [-0.1, -0.05) is 12.1 Å². The van der Waals surface area contributed by atoms with Crippen molar-refractivity contribution in [3.8, 4) is 0 Å². The van der Waals surface area contributed by atoms with Gasteiger partial charge < -0.3 is 9.80 Å². The molecule has 1 aromatic carbocycles. The first-order chi connectivity index (χ1) is 12.5. The number of likely N-dealkylation sites (N-methyl/N-ethyl adjacent to an activating group) is 1. The number of fused-ring (bicyclic) bond motifs is 1. The van der Waals surface area contributed by atoms with Crippen LogP contribution in [0, 0.1) is 13.8 Å². The third-order valence-corrected chi connectivity index (χ3v) is 5.33. The molecule has 0 N–H and O–H groups in total. The van der Waals surface area contributed by atoms with E-state index in [0.717, 1.165) is 56.7 Å². The fourth-order valence-electron chi connectivity index (χ4n) is 3.52. The number of amides is 1. The molecule has 0 radical (unpaired) electrons. The van der Waals surface area contributed by atoms with Crippen LogP contribution in [0.25, 0.3) is 0 Å². The zero-order valence-electron chi connectivity index (χ0n) is 16.2. The lowest BCUT2D eigenvalue weighted by Gasteiger charge is -2.30. The third kappa shape index (κ3) is 4.50. The van der Waals surface area contributed by atoms with E-state index in [-0.39, 0.29) is 5.91 Å². The summed E-state index contributed by atoms with van der Waals surface area (Å²) in [5, 5.41) is 0. The molecule has 1 amide bonds. The molecule has 2 aromatic rings. The minimum absolute atomic E-state index is 0.200. The summed E-state index contributed by atoms with van der Waals surface area (Å²) in [5.74, 6) is 0.200. The van der Waals surface area contributed by atoms with Crippen LogP contribution in [0.4, 0.5) is 0 Å². The van der Waals surface area contributed by atoms with Crippen LogP contribution >= 0.6 is 0 Å². The van der Waals surface area contributed by atoms with Crippen LogP contribution in [0.15, 0.2) is 36.5 Å². The minimum Gasteiger partial charge on any atom is -0.338 e. The van der Waals surface area contributed by atoms with E-state index in [1.54, 1.807) is 0 Å². The average Bonchev–Trinajstić information content (AvgIpc) is 2.64. The first-order valence-electron chi connectivity index (χ1n) is 9.52.